The molecule has 2 aromatic rings. The van der Waals surface area contributed by atoms with Crippen LogP contribution in [0.3, 0.4) is 0 Å². The lowest BCUT2D eigenvalue weighted by Crippen LogP contribution is -2.14. The summed E-state index contributed by atoms with van der Waals surface area (Å²) >= 11 is 0. The fraction of sp³-hybridized carbons (Fsp3) is 0.545. The molecule has 2 N–H and O–H groups in total. The summed E-state index contributed by atoms with van der Waals surface area (Å²) in [5.41, 5.74) is 6.62. The highest BCUT2D eigenvalue weighted by molar-refractivity contribution is 5.46. The van der Waals surface area contributed by atoms with Crippen molar-refractivity contribution in [2.75, 3.05) is 0 Å². The zero-order valence-corrected chi connectivity index (χ0v) is 9.71. The predicted octanol–water partition coefficient (Wildman–Crippen LogP) is 1.06. The van der Waals surface area contributed by atoms with E-state index in [1.807, 2.05) is 19.3 Å². The number of hydrogen-bond acceptors (Lipinski definition) is 5. The van der Waals surface area contributed by atoms with Crippen LogP contribution in [-0.4, -0.2) is 26.0 Å². The van der Waals surface area contributed by atoms with Gasteiger partial charge >= 0.3 is 0 Å². The number of aryl methyl sites for hydroxylation is 1. The maximum atomic E-state index is 5.88. The normalized spacial score (nSPS) is 24.4. The second-order valence-corrected chi connectivity index (χ2v) is 4.60. The van der Waals surface area contributed by atoms with Crippen LogP contribution in [0.4, 0.5) is 0 Å². The molecule has 1 aliphatic rings. The Hall–Kier alpha value is -1.69. The highest BCUT2D eigenvalue weighted by Gasteiger charge is 2.28. The first-order chi connectivity index (χ1) is 8.22. The third-order valence-corrected chi connectivity index (χ3v) is 3.21. The van der Waals surface area contributed by atoms with E-state index >= 15 is 0 Å². The first kappa shape index (κ1) is 10.5. The van der Waals surface area contributed by atoms with Crippen molar-refractivity contribution in [2.45, 2.75) is 31.2 Å². The second-order valence-electron chi connectivity index (χ2n) is 4.60. The Morgan fingerprint density at radius 2 is 2.35 bits per heavy atom. The summed E-state index contributed by atoms with van der Waals surface area (Å²) < 4.78 is 7.01. The number of aromatic nitrogens is 4. The molecule has 0 amide bonds. The van der Waals surface area contributed by atoms with E-state index in [4.69, 9.17) is 10.3 Å². The van der Waals surface area contributed by atoms with Crippen molar-refractivity contribution in [1.29, 1.82) is 0 Å². The molecule has 0 saturated heterocycles. The zero-order chi connectivity index (χ0) is 11.8. The molecule has 17 heavy (non-hydrogen) atoms. The van der Waals surface area contributed by atoms with Crippen molar-refractivity contribution >= 4 is 0 Å². The van der Waals surface area contributed by atoms with Crippen LogP contribution in [0.1, 0.15) is 31.1 Å². The number of hydrogen-bond donors (Lipinski definition) is 1. The van der Waals surface area contributed by atoms with Gasteiger partial charge in [0.1, 0.15) is 5.69 Å². The van der Waals surface area contributed by atoms with Crippen LogP contribution in [0.5, 0.6) is 0 Å². The van der Waals surface area contributed by atoms with E-state index in [9.17, 15) is 0 Å². The SMILES string of the molecule is Cn1ccc(-c2noc(C3CCC(N)C3)n2)n1. The van der Waals surface area contributed by atoms with Crippen molar-refractivity contribution in [1.82, 2.24) is 19.9 Å². The van der Waals surface area contributed by atoms with Gasteiger partial charge in [-0.25, -0.2) is 0 Å². The molecule has 3 rings (SSSR count). The molecule has 6 nitrogen and oxygen atoms in total. The van der Waals surface area contributed by atoms with E-state index in [0.29, 0.717) is 17.6 Å². The van der Waals surface area contributed by atoms with Crippen molar-refractivity contribution in [3.63, 3.8) is 0 Å². The quantitative estimate of drug-likeness (QED) is 0.838. The van der Waals surface area contributed by atoms with Crippen molar-refractivity contribution in [3.8, 4) is 11.5 Å². The first-order valence-electron chi connectivity index (χ1n) is 5.81. The summed E-state index contributed by atoms with van der Waals surface area (Å²) in [5, 5.41) is 8.21. The van der Waals surface area contributed by atoms with E-state index < -0.39 is 0 Å². The van der Waals surface area contributed by atoms with Crippen molar-refractivity contribution < 1.29 is 4.52 Å². The molecule has 1 aliphatic carbocycles. The zero-order valence-electron chi connectivity index (χ0n) is 9.71. The lowest BCUT2D eigenvalue weighted by Gasteiger charge is -2.01. The van der Waals surface area contributed by atoms with E-state index in [1.54, 1.807) is 4.68 Å². The number of nitrogens with zero attached hydrogens (tertiary/aromatic N) is 4. The fourth-order valence-electron chi connectivity index (χ4n) is 2.28. The monoisotopic (exact) mass is 233 g/mol. The minimum absolute atomic E-state index is 0.269. The van der Waals surface area contributed by atoms with E-state index in [-0.39, 0.29) is 6.04 Å². The molecule has 6 heteroatoms. The summed E-state index contributed by atoms with van der Waals surface area (Å²) in [7, 11) is 1.86. The molecule has 0 radical (unpaired) electrons. The van der Waals surface area contributed by atoms with Gasteiger partial charge in [0.05, 0.1) is 0 Å². The van der Waals surface area contributed by atoms with Crippen LogP contribution in [0.2, 0.25) is 0 Å². The van der Waals surface area contributed by atoms with E-state index in [2.05, 4.69) is 15.2 Å². The lowest BCUT2D eigenvalue weighted by atomic mass is 10.1. The summed E-state index contributed by atoms with van der Waals surface area (Å²) in [5.74, 6) is 1.56. The van der Waals surface area contributed by atoms with Gasteiger partial charge in [-0.2, -0.15) is 10.1 Å². The maximum Gasteiger partial charge on any atom is 0.230 e. The minimum atomic E-state index is 0.269. The Labute approximate surface area is 98.8 Å². The average Bonchev–Trinajstić information content (AvgIpc) is 2.96. The van der Waals surface area contributed by atoms with Gasteiger partial charge in [-0.3, -0.25) is 4.68 Å². The Balaban J connectivity index is 1.83. The molecule has 0 aliphatic heterocycles. The molecule has 1 fully saturated rings. The highest BCUT2D eigenvalue weighted by Crippen LogP contribution is 2.33. The summed E-state index contributed by atoms with van der Waals surface area (Å²) in [6, 6.07) is 2.14. The smallest absolute Gasteiger partial charge is 0.230 e. The number of rotatable bonds is 2. The second kappa shape index (κ2) is 3.96. The molecular formula is C11H15N5O. The topological polar surface area (TPSA) is 82.8 Å². The molecule has 1 saturated carbocycles. The maximum absolute atomic E-state index is 5.88. The predicted molar refractivity (Wildman–Crippen MR) is 61.1 cm³/mol. The molecule has 90 valence electrons. The van der Waals surface area contributed by atoms with Crippen molar-refractivity contribution in [3.05, 3.63) is 18.2 Å². The van der Waals surface area contributed by atoms with E-state index in [0.717, 1.165) is 25.0 Å². The van der Waals surface area contributed by atoms with Gasteiger partial charge in [-0.15, -0.1) is 0 Å². The van der Waals surface area contributed by atoms with E-state index in [1.165, 1.54) is 0 Å². The standard InChI is InChI=1S/C11H15N5O/c1-16-5-4-9(14-16)10-13-11(17-15-10)7-2-3-8(12)6-7/h4-5,7-8H,2-3,6,12H2,1H3. The number of nitrogens with two attached hydrogens (primary N) is 1. The molecule has 2 heterocycles. The van der Waals surface area contributed by atoms with Crippen LogP contribution in [0, 0.1) is 0 Å². The summed E-state index contributed by atoms with van der Waals surface area (Å²) in [6.07, 6.45) is 4.86. The minimum Gasteiger partial charge on any atom is -0.339 e. The largest absolute Gasteiger partial charge is 0.339 e. The van der Waals surface area contributed by atoms with Gasteiger partial charge in [0.2, 0.25) is 11.7 Å². The van der Waals surface area contributed by atoms with Gasteiger partial charge in [0, 0.05) is 25.2 Å². The van der Waals surface area contributed by atoms with Crippen molar-refractivity contribution in [2.24, 2.45) is 12.8 Å². The first-order valence-corrected chi connectivity index (χ1v) is 5.81. The molecule has 2 unspecified atom stereocenters. The van der Waals surface area contributed by atoms with Gasteiger partial charge in [-0.1, -0.05) is 5.16 Å². The fourth-order valence-corrected chi connectivity index (χ4v) is 2.28. The Morgan fingerprint density at radius 1 is 1.47 bits per heavy atom. The van der Waals surface area contributed by atoms with Crippen LogP contribution in [0.25, 0.3) is 11.5 Å². The van der Waals surface area contributed by atoms with Crippen LogP contribution < -0.4 is 5.73 Å². The lowest BCUT2D eigenvalue weighted by molar-refractivity contribution is 0.353. The third-order valence-electron chi connectivity index (χ3n) is 3.21. The van der Waals surface area contributed by atoms with Crippen LogP contribution >= 0.6 is 0 Å². The molecule has 2 aromatic heterocycles. The Morgan fingerprint density at radius 3 is 3.00 bits per heavy atom. The Bertz CT molecular complexity index is 517. The average molecular weight is 233 g/mol. The van der Waals surface area contributed by atoms with Gasteiger partial charge < -0.3 is 10.3 Å². The molecular weight excluding hydrogens is 218 g/mol. The molecule has 0 bridgehead atoms. The van der Waals surface area contributed by atoms with Crippen LogP contribution in [0.15, 0.2) is 16.8 Å². The summed E-state index contributed by atoms with van der Waals surface area (Å²) in [6.45, 7) is 0. The highest BCUT2D eigenvalue weighted by atomic mass is 16.5. The molecule has 0 aromatic carbocycles. The van der Waals surface area contributed by atoms with Gasteiger partial charge in [-0.05, 0) is 25.3 Å². The Kier molecular flexibility index (Phi) is 2.44. The third kappa shape index (κ3) is 1.95. The van der Waals surface area contributed by atoms with Gasteiger partial charge in [0.25, 0.3) is 0 Å². The van der Waals surface area contributed by atoms with Gasteiger partial charge in [0.15, 0.2) is 0 Å². The van der Waals surface area contributed by atoms with Crippen LogP contribution in [-0.2, 0) is 7.05 Å². The molecule has 0 spiro atoms. The molecule has 2 atom stereocenters. The summed E-state index contributed by atoms with van der Waals surface area (Å²) in [4.78, 5) is 4.40.